The number of aryl methyl sites for hydroxylation is 1. The van der Waals surface area contributed by atoms with E-state index in [2.05, 4.69) is 11.4 Å². The summed E-state index contributed by atoms with van der Waals surface area (Å²) < 4.78 is 5.40. The van der Waals surface area contributed by atoms with Gasteiger partial charge in [0.1, 0.15) is 5.00 Å². The Labute approximate surface area is 173 Å². The molecule has 152 valence electrons. The molecule has 2 amide bonds. The van der Waals surface area contributed by atoms with E-state index in [4.69, 9.17) is 4.74 Å². The predicted molar refractivity (Wildman–Crippen MR) is 111 cm³/mol. The lowest BCUT2D eigenvalue weighted by molar-refractivity contribution is -0.135. The highest BCUT2D eigenvalue weighted by Crippen LogP contribution is 2.38. The number of nitrogens with zero attached hydrogens (tertiary/aromatic N) is 1. The van der Waals surface area contributed by atoms with Crippen molar-refractivity contribution in [1.82, 2.24) is 4.90 Å². The van der Waals surface area contributed by atoms with Crippen molar-refractivity contribution in [3.63, 3.8) is 0 Å². The zero-order valence-electron chi connectivity index (χ0n) is 16.5. The molecule has 2 heterocycles. The van der Waals surface area contributed by atoms with Crippen LogP contribution in [0.1, 0.15) is 51.7 Å². The summed E-state index contributed by atoms with van der Waals surface area (Å²) in [5.74, 6) is -0.947. The monoisotopic (exact) mass is 412 g/mol. The quantitative estimate of drug-likeness (QED) is 0.782. The van der Waals surface area contributed by atoms with Crippen molar-refractivity contribution in [3.8, 4) is 0 Å². The summed E-state index contributed by atoms with van der Waals surface area (Å²) in [6.07, 6.45) is 4.60. The molecule has 0 atom stereocenters. The second kappa shape index (κ2) is 8.37. The van der Waals surface area contributed by atoms with Gasteiger partial charge in [-0.2, -0.15) is 0 Å². The van der Waals surface area contributed by atoms with E-state index >= 15 is 0 Å². The van der Waals surface area contributed by atoms with Gasteiger partial charge in [-0.25, -0.2) is 4.79 Å². The largest absolute Gasteiger partial charge is 0.452 e. The fraction of sp³-hybridized carbons (Fsp3) is 0.409. The smallest absolute Gasteiger partial charge is 0.341 e. The summed E-state index contributed by atoms with van der Waals surface area (Å²) in [4.78, 5) is 39.9. The Kier molecular flexibility index (Phi) is 5.67. The van der Waals surface area contributed by atoms with Crippen molar-refractivity contribution in [2.75, 3.05) is 18.5 Å². The van der Waals surface area contributed by atoms with Gasteiger partial charge in [-0.1, -0.05) is 24.3 Å². The highest BCUT2D eigenvalue weighted by molar-refractivity contribution is 7.17. The molecule has 0 spiro atoms. The molecule has 1 aliphatic heterocycles. The third-order valence-corrected chi connectivity index (χ3v) is 6.68. The molecule has 1 aliphatic carbocycles. The molecular formula is C22H24N2O4S. The molecule has 6 nitrogen and oxygen atoms in total. The number of carbonyl (C=O) groups excluding carboxylic acids is 3. The molecule has 1 N–H and O–H groups in total. The average Bonchev–Trinajstić information content (AvgIpc) is 3.08. The Morgan fingerprint density at radius 1 is 1.10 bits per heavy atom. The van der Waals surface area contributed by atoms with Crippen LogP contribution in [0.4, 0.5) is 5.00 Å². The number of amides is 2. The maximum atomic E-state index is 12.8. The first-order valence-electron chi connectivity index (χ1n) is 9.96. The molecule has 0 unspecified atom stereocenters. The highest BCUT2D eigenvalue weighted by Gasteiger charge is 2.28. The van der Waals surface area contributed by atoms with Gasteiger partial charge in [0.2, 0.25) is 5.91 Å². The Morgan fingerprint density at radius 3 is 2.66 bits per heavy atom. The van der Waals surface area contributed by atoms with Crippen molar-refractivity contribution >= 4 is 34.1 Å². The van der Waals surface area contributed by atoms with E-state index in [1.54, 1.807) is 4.90 Å². The lowest BCUT2D eigenvalue weighted by atomic mass is 9.95. The number of ether oxygens (including phenoxy) is 1. The van der Waals surface area contributed by atoms with E-state index in [9.17, 15) is 14.4 Å². The number of esters is 1. The Bertz CT molecular complexity index is 966. The van der Waals surface area contributed by atoms with Crippen LogP contribution in [0.25, 0.3) is 0 Å². The maximum absolute atomic E-state index is 12.8. The Morgan fingerprint density at radius 2 is 1.86 bits per heavy atom. The molecule has 1 aromatic heterocycles. The molecule has 0 radical (unpaired) electrons. The molecule has 0 saturated heterocycles. The molecule has 0 saturated carbocycles. The first-order valence-corrected chi connectivity index (χ1v) is 10.8. The number of anilines is 1. The molecule has 7 heteroatoms. The normalized spacial score (nSPS) is 15.3. The van der Waals surface area contributed by atoms with E-state index in [0.717, 1.165) is 48.1 Å². The van der Waals surface area contributed by atoms with Gasteiger partial charge in [0, 0.05) is 24.9 Å². The lowest BCUT2D eigenvalue weighted by Crippen LogP contribution is -2.38. The summed E-state index contributed by atoms with van der Waals surface area (Å²) in [6.45, 7) is 2.30. The maximum Gasteiger partial charge on any atom is 0.341 e. The third kappa shape index (κ3) is 4.19. The Balaban J connectivity index is 1.44. The second-order valence-electron chi connectivity index (χ2n) is 7.51. The minimum absolute atomic E-state index is 0.196. The van der Waals surface area contributed by atoms with Crippen LogP contribution in [-0.2, 0) is 40.1 Å². The topological polar surface area (TPSA) is 75.7 Å². The van der Waals surface area contributed by atoms with Crippen LogP contribution in [0.2, 0.25) is 0 Å². The third-order valence-electron chi connectivity index (χ3n) is 5.48. The van der Waals surface area contributed by atoms with Gasteiger partial charge in [0.25, 0.3) is 5.91 Å². The minimum Gasteiger partial charge on any atom is -0.452 e. The first-order chi connectivity index (χ1) is 14.0. The van der Waals surface area contributed by atoms with Gasteiger partial charge in [-0.15, -0.1) is 11.3 Å². The van der Waals surface area contributed by atoms with E-state index in [0.29, 0.717) is 23.7 Å². The molecule has 29 heavy (non-hydrogen) atoms. The van der Waals surface area contributed by atoms with Crippen molar-refractivity contribution < 1.29 is 19.1 Å². The fourth-order valence-electron chi connectivity index (χ4n) is 4.03. The number of benzene rings is 1. The highest BCUT2D eigenvalue weighted by atomic mass is 32.1. The van der Waals surface area contributed by atoms with Crippen molar-refractivity contribution in [1.29, 1.82) is 0 Å². The zero-order valence-corrected chi connectivity index (χ0v) is 17.3. The van der Waals surface area contributed by atoms with E-state index < -0.39 is 5.97 Å². The van der Waals surface area contributed by atoms with Gasteiger partial charge in [-0.3, -0.25) is 9.59 Å². The average molecular weight is 413 g/mol. The minimum atomic E-state index is -0.529. The molecule has 0 bridgehead atoms. The molecule has 1 aromatic carbocycles. The summed E-state index contributed by atoms with van der Waals surface area (Å²) in [5, 5.41) is 3.29. The van der Waals surface area contributed by atoms with Crippen LogP contribution in [0.5, 0.6) is 0 Å². The van der Waals surface area contributed by atoms with Gasteiger partial charge in [0.05, 0.1) is 5.56 Å². The number of rotatable bonds is 4. The fourth-order valence-corrected chi connectivity index (χ4v) is 5.35. The molecule has 2 aliphatic rings. The summed E-state index contributed by atoms with van der Waals surface area (Å²) in [5.41, 5.74) is 3.79. The number of nitrogens with one attached hydrogen (secondary N) is 1. The van der Waals surface area contributed by atoms with Crippen LogP contribution in [0.3, 0.4) is 0 Å². The van der Waals surface area contributed by atoms with E-state index in [1.165, 1.54) is 23.8 Å². The molecule has 2 aromatic rings. The van der Waals surface area contributed by atoms with Crippen LogP contribution < -0.4 is 5.32 Å². The summed E-state index contributed by atoms with van der Waals surface area (Å²) in [7, 11) is 0. The van der Waals surface area contributed by atoms with Crippen LogP contribution in [-0.4, -0.2) is 35.8 Å². The summed E-state index contributed by atoms with van der Waals surface area (Å²) >= 11 is 1.45. The standard InChI is InChI=1S/C22H24N2O4S/c1-14(25)23-21-20(17-8-4-5-9-18(17)29-21)22(27)28-13-19(26)24-11-10-15-6-2-3-7-16(15)12-24/h2-3,6-7H,4-5,8-13H2,1H3,(H,23,25). The van der Waals surface area contributed by atoms with Crippen molar-refractivity contribution in [2.24, 2.45) is 0 Å². The van der Waals surface area contributed by atoms with Crippen LogP contribution >= 0.6 is 11.3 Å². The Hall–Kier alpha value is -2.67. The number of hydrogen-bond acceptors (Lipinski definition) is 5. The van der Waals surface area contributed by atoms with Gasteiger partial charge in [-0.05, 0) is 48.8 Å². The van der Waals surface area contributed by atoms with E-state index in [1.807, 2.05) is 18.2 Å². The molecular weight excluding hydrogens is 388 g/mol. The zero-order chi connectivity index (χ0) is 20.4. The number of carbonyl (C=O) groups is 3. The molecule has 0 fully saturated rings. The van der Waals surface area contributed by atoms with Gasteiger partial charge >= 0.3 is 5.97 Å². The van der Waals surface area contributed by atoms with Gasteiger partial charge in [0.15, 0.2) is 6.61 Å². The SMILES string of the molecule is CC(=O)Nc1sc2c(c1C(=O)OCC(=O)N1CCc3ccccc3C1)CCCC2. The van der Waals surface area contributed by atoms with E-state index in [-0.39, 0.29) is 18.4 Å². The predicted octanol–water partition coefficient (Wildman–Crippen LogP) is 3.33. The van der Waals surface area contributed by atoms with Crippen molar-refractivity contribution in [3.05, 3.63) is 51.4 Å². The van der Waals surface area contributed by atoms with Gasteiger partial charge < -0.3 is 15.0 Å². The molecule has 4 rings (SSSR count). The summed E-state index contributed by atoms with van der Waals surface area (Å²) in [6, 6.07) is 8.08. The lowest BCUT2D eigenvalue weighted by Gasteiger charge is -2.28. The number of thiophene rings is 1. The second-order valence-corrected chi connectivity index (χ2v) is 8.61. The number of hydrogen-bond donors (Lipinski definition) is 1. The van der Waals surface area contributed by atoms with Crippen LogP contribution in [0, 0.1) is 0 Å². The number of fused-ring (bicyclic) bond motifs is 2. The van der Waals surface area contributed by atoms with Crippen LogP contribution in [0.15, 0.2) is 24.3 Å². The van der Waals surface area contributed by atoms with Crippen molar-refractivity contribution in [2.45, 2.75) is 45.6 Å². The first kappa shape index (κ1) is 19.6.